The normalized spacial score (nSPS) is 10.1. The molecule has 3 N–H and O–H groups in total. The van der Waals surface area contributed by atoms with Crippen molar-refractivity contribution in [3.63, 3.8) is 0 Å². The lowest BCUT2D eigenvalue weighted by atomic mass is 10.2. The summed E-state index contributed by atoms with van der Waals surface area (Å²) in [5.41, 5.74) is -1.27. The van der Waals surface area contributed by atoms with E-state index in [9.17, 15) is 14.4 Å². The van der Waals surface area contributed by atoms with E-state index in [2.05, 4.69) is 4.98 Å². The van der Waals surface area contributed by atoms with Gasteiger partial charge in [-0.25, -0.2) is 4.79 Å². The molecule has 0 aliphatic rings. The topological polar surface area (TPSA) is 103 Å². The lowest BCUT2D eigenvalue weighted by molar-refractivity contribution is -0.136. The van der Waals surface area contributed by atoms with Gasteiger partial charge in [-0.2, -0.15) is 0 Å². The molecule has 0 fully saturated rings. The standard InChI is InChI=1S/C7H7ClN2O4/c8-5-3(1-2-4(11)12)9-7(14)10-6(5)13/h1-2H2,(H,11,12)(H2,9,10,13,14). The third-order valence-electron chi connectivity index (χ3n) is 1.54. The fraction of sp³-hybridized carbons (Fsp3) is 0.286. The summed E-state index contributed by atoms with van der Waals surface area (Å²) in [5.74, 6) is -1.03. The van der Waals surface area contributed by atoms with Crippen molar-refractivity contribution in [2.24, 2.45) is 0 Å². The first kappa shape index (κ1) is 10.5. The van der Waals surface area contributed by atoms with E-state index in [4.69, 9.17) is 16.7 Å². The van der Waals surface area contributed by atoms with Crippen LogP contribution in [0.4, 0.5) is 0 Å². The molecule has 14 heavy (non-hydrogen) atoms. The van der Waals surface area contributed by atoms with Crippen molar-refractivity contribution >= 4 is 17.6 Å². The van der Waals surface area contributed by atoms with Gasteiger partial charge >= 0.3 is 11.7 Å². The second-order valence-electron chi connectivity index (χ2n) is 2.59. The van der Waals surface area contributed by atoms with Crippen LogP contribution in [0.15, 0.2) is 9.59 Å². The van der Waals surface area contributed by atoms with Gasteiger partial charge in [-0.3, -0.25) is 14.6 Å². The molecule has 1 rings (SSSR count). The molecule has 0 aromatic carbocycles. The molecule has 0 amide bonds. The minimum Gasteiger partial charge on any atom is -0.481 e. The van der Waals surface area contributed by atoms with Gasteiger partial charge < -0.3 is 10.1 Å². The SMILES string of the molecule is O=C(O)CCc1[nH]c(=O)[nH]c(=O)c1Cl. The molecule has 0 spiro atoms. The van der Waals surface area contributed by atoms with E-state index in [1.807, 2.05) is 4.98 Å². The number of hydrogen-bond acceptors (Lipinski definition) is 3. The van der Waals surface area contributed by atoms with E-state index in [-0.39, 0.29) is 23.6 Å². The van der Waals surface area contributed by atoms with Crippen LogP contribution in [0.1, 0.15) is 12.1 Å². The number of aromatic amines is 2. The molecule has 0 saturated heterocycles. The van der Waals surface area contributed by atoms with Gasteiger partial charge in [0.1, 0.15) is 5.02 Å². The number of rotatable bonds is 3. The summed E-state index contributed by atoms with van der Waals surface area (Å²) < 4.78 is 0. The van der Waals surface area contributed by atoms with E-state index in [0.29, 0.717) is 0 Å². The number of nitrogens with one attached hydrogen (secondary N) is 2. The minimum absolute atomic E-state index is 0.0212. The Hall–Kier alpha value is -1.56. The van der Waals surface area contributed by atoms with E-state index >= 15 is 0 Å². The Morgan fingerprint density at radius 2 is 2.00 bits per heavy atom. The van der Waals surface area contributed by atoms with Crippen molar-refractivity contribution in [1.82, 2.24) is 9.97 Å². The number of H-pyrrole nitrogens is 2. The highest BCUT2D eigenvalue weighted by Crippen LogP contribution is 2.07. The summed E-state index contributed by atoms with van der Waals surface area (Å²) in [5, 5.41) is 8.21. The zero-order chi connectivity index (χ0) is 10.7. The van der Waals surface area contributed by atoms with Gasteiger partial charge in [-0.15, -0.1) is 0 Å². The van der Waals surface area contributed by atoms with Crippen LogP contribution in [0, 0.1) is 0 Å². The zero-order valence-corrected chi connectivity index (χ0v) is 7.72. The highest BCUT2D eigenvalue weighted by atomic mass is 35.5. The molecule has 0 radical (unpaired) electrons. The molecule has 1 heterocycles. The average molecular weight is 219 g/mol. The van der Waals surface area contributed by atoms with Crippen LogP contribution in [-0.2, 0) is 11.2 Å². The van der Waals surface area contributed by atoms with Gasteiger partial charge in [0, 0.05) is 5.69 Å². The smallest absolute Gasteiger partial charge is 0.325 e. The van der Waals surface area contributed by atoms with Crippen LogP contribution in [0.25, 0.3) is 0 Å². The van der Waals surface area contributed by atoms with Crippen LogP contribution in [0.2, 0.25) is 5.02 Å². The van der Waals surface area contributed by atoms with Gasteiger partial charge in [0.2, 0.25) is 0 Å². The molecule has 76 valence electrons. The maximum atomic E-state index is 11.0. The summed E-state index contributed by atoms with van der Waals surface area (Å²) in [6.07, 6.45) is -0.174. The van der Waals surface area contributed by atoms with Crippen LogP contribution in [0.3, 0.4) is 0 Å². The first-order chi connectivity index (χ1) is 6.50. The van der Waals surface area contributed by atoms with Crippen molar-refractivity contribution in [3.05, 3.63) is 31.6 Å². The predicted molar refractivity (Wildman–Crippen MR) is 48.7 cm³/mol. The number of carboxylic acid groups (broad SMARTS) is 1. The summed E-state index contributed by atoms with van der Waals surface area (Å²) >= 11 is 5.54. The van der Waals surface area contributed by atoms with Gasteiger partial charge in [-0.05, 0) is 6.42 Å². The maximum absolute atomic E-state index is 11.0. The van der Waals surface area contributed by atoms with E-state index < -0.39 is 17.2 Å². The molecule has 0 bridgehead atoms. The van der Waals surface area contributed by atoms with Crippen LogP contribution in [-0.4, -0.2) is 21.0 Å². The predicted octanol–water partition coefficient (Wildman–Crippen LogP) is -0.266. The summed E-state index contributed by atoms with van der Waals surface area (Å²) in [7, 11) is 0. The first-order valence-electron chi connectivity index (χ1n) is 3.73. The minimum atomic E-state index is -1.03. The number of carbonyl (C=O) groups is 1. The van der Waals surface area contributed by atoms with Crippen molar-refractivity contribution in [2.45, 2.75) is 12.8 Å². The number of aliphatic carboxylic acids is 1. The van der Waals surface area contributed by atoms with Crippen LogP contribution in [0.5, 0.6) is 0 Å². The summed E-state index contributed by atoms with van der Waals surface area (Å²) in [4.78, 5) is 36.2. The highest BCUT2D eigenvalue weighted by molar-refractivity contribution is 6.31. The van der Waals surface area contributed by atoms with Crippen molar-refractivity contribution in [1.29, 1.82) is 0 Å². The van der Waals surface area contributed by atoms with Crippen molar-refractivity contribution in [2.75, 3.05) is 0 Å². The summed E-state index contributed by atoms with van der Waals surface area (Å²) in [6, 6.07) is 0. The van der Waals surface area contributed by atoms with Crippen molar-refractivity contribution in [3.8, 4) is 0 Å². The van der Waals surface area contributed by atoms with Gasteiger partial charge in [0.15, 0.2) is 0 Å². The monoisotopic (exact) mass is 218 g/mol. The Bertz CT molecular complexity index is 461. The Morgan fingerprint density at radius 1 is 1.36 bits per heavy atom. The second kappa shape index (κ2) is 4.10. The fourth-order valence-electron chi connectivity index (χ4n) is 0.922. The Kier molecular flexibility index (Phi) is 3.08. The average Bonchev–Trinajstić information content (AvgIpc) is 2.08. The lowest BCUT2D eigenvalue weighted by Crippen LogP contribution is -2.25. The maximum Gasteiger partial charge on any atom is 0.325 e. The number of halogens is 1. The molecule has 0 unspecified atom stereocenters. The molecule has 7 heteroatoms. The van der Waals surface area contributed by atoms with E-state index in [0.717, 1.165) is 0 Å². The Morgan fingerprint density at radius 3 is 2.57 bits per heavy atom. The second-order valence-corrected chi connectivity index (χ2v) is 2.97. The molecule has 0 atom stereocenters. The molecule has 6 nitrogen and oxygen atoms in total. The quantitative estimate of drug-likeness (QED) is 0.650. The van der Waals surface area contributed by atoms with Crippen LogP contribution >= 0.6 is 11.6 Å². The fourth-order valence-corrected chi connectivity index (χ4v) is 1.11. The van der Waals surface area contributed by atoms with Gasteiger partial charge in [0.25, 0.3) is 5.56 Å². The number of hydrogen-bond donors (Lipinski definition) is 3. The first-order valence-corrected chi connectivity index (χ1v) is 4.11. The molecule has 0 aliphatic carbocycles. The lowest BCUT2D eigenvalue weighted by Gasteiger charge is -1.99. The Balaban J connectivity index is 3.03. The molecular weight excluding hydrogens is 212 g/mol. The molecule has 0 saturated carbocycles. The number of aryl methyl sites for hydroxylation is 1. The van der Waals surface area contributed by atoms with E-state index in [1.165, 1.54) is 0 Å². The molecule has 1 aromatic rings. The Labute approximate surface area is 82.5 Å². The molecule has 0 aliphatic heterocycles. The molecular formula is C7H7ClN2O4. The van der Waals surface area contributed by atoms with E-state index in [1.54, 1.807) is 0 Å². The molecule has 1 aromatic heterocycles. The number of aromatic nitrogens is 2. The highest BCUT2D eigenvalue weighted by Gasteiger charge is 2.08. The van der Waals surface area contributed by atoms with Gasteiger partial charge in [0.05, 0.1) is 6.42 Å². The number of carboxylic acids is 1. The van der Waals surface area contributed by atoms with Gasteiger partial charge in [-0.1, -0.05) is 11.6 Å². The third-order valence-corrected chi connectivity index (χ3v) is 1.94. The largest absolute Gasteiger partial charge is 0.481 e. The third kappa shape index (κ3) is 2.46. The summed E-state index contributed by atoms with van der Waals surface area (Å²) in [6.45, 7) is 0. The van der Waals surface area contributed by atoms with Crippen LogP contribution < -0.4 is 11.2 Å². The zero-order valence-electron chi connectivity index (χ0n) is 6.96. The van der Waals surface area contributed by atoms with Crippen molar-refractivity contribution < 1.29 is 9.90 Å².